The van der Waals surface area contributed by atoms with Gasteiger partial charge in [0.2, 0.25) is 10.0 Å². The largest absolute Gasteiger partial charge is 0.346 e. The second-order valence-electron chi connectivity index (χ2n) is 5.74. The highest BCUT2D eigenvalue weighted by molar-refractivity contribution is 7.92. The first-order valence-corrected chi connectivity index (χ1v) is 9.72. The van der Waals surface area contributed by atoms with Crippen LogP contribution < -0.4 is 9.62 Å². The van der Waals surface area contributed by atoms with Crippen LogP contribution in [-0.2, 0) is 10.0 Å². The summed E-state index contributed by atoms with van der Waals surface area (Å²) in [6.07, 6.45) is 2.65. The summed E-state index contributed by atoms with van der Waals surface area (Å²) in [5, 5.41) is 2.93. The number of amides is 1. The first-order valence-electron chi connectivity index (χ1n) is 7.87. The maximum absolute atomic E-state index is 12.4. The van der Waals surface area contributed by atoms with Crippen molar-refractivity contribution >= 4 is 21.6 Å². The molecule has 0 bridgehead atoms. The fourth-order valence-electron chi connectivity index (χ4n) is 2.43. The molecule has 0 saturated heterocycles. The maximum atomic E-state index is 12.4. The van der Waals surface area contributed by atoms with Crippen LogP contribution in [0.15, 0.2) is 67.3 Å². The van der Waals surface area contributed by atoms with Crippen molar-refractivity contribution in [2.75, 3.05) is 17.1 Å². The summed E-state index contributed by atoms with van der Waals surface area (Å²) >= 11 is 0. The van der Waals surface area contributed by atoms with Crippen molar-refractivity contribution in [1.29, 1.82) is 0 Å². The van der Waals surface area contributed by atoms with E-state index in [9.17, 15) is 13.2 Å². The van der Waals surface area contributed by atoms with Crippen LogP contribution in [0.5, 0.6) is 0 Å². The monoisotopic (exact) mass is 358 g/mol. The molecule has 1 atom stereocenters. The van der Waals surface area contributed by atoms with E-state index in [1.165, 1.54) is 10.4 Å². The number of nitrogens with zero attached hydrogens (tertiary/aromatic N) is 1. The van der Waals surface area contributed by atoms with Gasteiger partial charge in [-0.15, -0.1) is 6.58 Å². The van der Waals surface area contributed by atoms with Crippen molar-refractivity contribution in [3.63, 3.8) is 0 Å². The topological polar surface area (TPSA) is 66.5 Å². The van der Waals surface area contributed by atoms with E-state index in [1.54, 1.807) is 24.3 Å². The molecule has 25 heavy (non-hydrogen) atoms. The molecule has 0 aromatic heterocycles. The molecule has 0 aliphatic heterocycles. The normalized spacial score (nSPS) is 12.2. The Morgan fingerprint density at radius 2 is 1.76 bits per heavy atom. The predicted octanol–water partition coefficient (Wildman–Crippen LogP) is 3.13. The number of hydrogen-bond donors (Lipinski definition) is 1. The number of carbonyl (C=O) groups excluding carboxylic acids is 1. The summed E-state index contributed by atoms with van der Waals surface area (Å²) < 4.78 is 24.9. The van der Waals surface area contributed by atoms with Crippen LogP contribution in [0.25, 0.3) is 0 Å². The van der Waals surface area contributed by atoms with Crippen molar-refractivity contribution in [2.45, 2.75) is 13.0 Å². The summed E-state index contributed by atoms with van der Waals surface area (Å²) in [5.41, 5.74) is 1.98. The molecule has 1 amide bonds. The Morgan fingerprint density at radius 3 is 2.28 bits per heavy atom. The molecule has 6 heteroatoms. The molecule has 0 spiro atoms. The Kier molecular flexibility index (Phi) is 5.98. The van der Waals surface area contributed by atoms with E-state index >= 15 is 0 Å². The smallest absolute Gasteiger partial charge is 0.251 e. The number of nitrogens with one attached hydrogen (secondary N) is 1. The standard InChI is InChI=1S/C19H22N2O3S/c1-4-14-21(25(3,23)24)18-12-10-17(11-13-18)19(22)20-15(2)16-8-6-5-7-9-16/h4-13,15H,1,14H2,2-3H3,(H,20,22). The third-order valence-electron chi connectivity index (χ3n) is 3.76. The van der Waals surface area contributed by atoms with Crippen molar-refractivity contribution < 1.29 is 13.2 Å². The zero-order valence-corrected chi connectivity index (χ0v) is 15.2. The molecule has 0 aliphatic rings. The summed E-state index contributed by atoms with van der Waals surface area (Å²) in [6, 6.07) is 16.0. The molecule has 0 fully saturated rings. The third kappa shape index (κ3) is 4.93. The second-order valence-corrected chi connectivity index (χ2v) is 7.64. The highest BCUT2D eigenvalue weighted by atomic mass is 32.2. The molecule has 0 saturated carbocycles. The molecule has 0 heterocycles. The molecule has 2 rings (SSSR count). The zero-order chi connectivity index (χ0) is 18.4. The van der Waals surface area contributed by atoms with Gasteiger partial charge in [-0.1, -0.05) is 36.4 Å². The molecule has 2 aromatic carbocycles. The van der Waals surface area contributed by atoms with Gasteiger partial charge in [0.1, 0.15) is 0 Å². The summed E-state index contributed by atoms with van der Waals surface area (Å²) in [4.78, 5) is 12.4. The van der Waals surface area contributed by atoms with Gasteiger partial charge in [0.25, 0.3) is 5.91 Å². The Balaban J connectivity index is 2.13. The molecule has 0 aliphatic carbocycles. The maximum Gasteiger partial charge on any atom is 0.251 e. The Morgan fingerprint density at radius 1 is 1.16 bits per heavy atom. The predicted molar refractivity (Wildman–Crippen MR) is 101 cm³/mol. The van der Waals surface area contributed by atoms with Gasteiger partial charge in [0.15, 0.2) is 0 Å². The van der Waals surface area contributed by atoms with E-state index in [4.69, 9.17) is 0 Å². The highest BCUT2D eigenvalue weighted by Gasteiger charge is 2.17. The van der Waals surface area contributed by atoms with Gasteiger partial charge in [0.05, 0.1) is 24.5 Å². The first-order chi connectivity index (χ1) is 11.8. The van der Waals surface area contributed by atoms with Crippen molar-refractivity contribution in [3.05, 3.63) is 78.4 Å². The number of hydrogen-bond acceptors (Lipinski definition) is 3. The van der Waals surface area contributed by atoms with E-state index in [2.05, 4.69) is 11.9 Å². The Bertz CT molecular complexity index is 831. The summed E-state index contributed by atoms with van der Waals surface area (Å²) in [6.45, 7) is 5.67. The van der Waals surface area contributed by atoms with Crippen LogP contribution in [0.3, 0.4) is 0 Å². The molecule has 1 N–H and O–H groups in total. The molecular formula is C19H22N2O3S. The third-order valence-corrected chi connectivity index (χ3v) is 4.92. The molecule has 2 aromatic rings. The van der Waals surface area contributed by atoms with Crippen molar-refractivity contribution in [3.8, 4) is 0 Å². The minimum absolute atomic E-state index is 0.123. The molecular weight excluding hydrogens is 336 g/mol. The second kappa shape index (κ2) is 7.98. The van der Waals surface area contributed by atoms with Gasteiger partial charge < -0.3 is 5.32 Å². The SMILES string of the molecule is C=CCN(c1ccc(C(=O)NC(C)c2ccccc2)cc1)S(C)(=O)=O. The highest BCUT2D eigenvalue weighted by Crippen LogP contribution is 2.19. The molecule has 1 unspecified atom stereocenters. The average molecular weight is 358 g/mol. The summed E-state index contributed by atoms with van der Waals surface area (Å²) in [7, 11) is -3.41. The number of rotatable bonds is 7. The van der Waals surface area contributed by atoms with Crippen LogP contribution in [0.2, 0.25) is 0 Å². The van der Waals surface area contributed by atoms with Gasteiger partial charge in [-0.05, 0) is 36.8 Å². The van der Waals surface area contributed by atoms with E-state index in [0.717, 1.165) is 11.8 Å². The number of anilines is 1. The molecule has 132 valence electrons. The average Bonchev–Trinajstić information content (AvgIpc) is 2.59. The van der Waals surface area contributed by atoms with Crippen LogP contribution in [-0.4, -0.2) is 27.1 Å². The Hall–Kier alpha value is -2.60. The van der Waals surface area contributed by atoms with Crippen LogP contribution in [0.1, 0.15) is 28.9 Å². The van der Waals surface area contributed by atoms with E-state index in [-0.39, 0.29) is 18.5 Å². The fourth-order valence-corrected chi connectivity index (χ4v) is 3.31. The van der Waals surface area contributed by atoms with E-state index < -0.39 is 10.0 Å². The van der Waals surface area contributed by atoms with Gasteiger partial charge in [-0.2, -0.15) is 0 Å². The van der Waals surface area contributed by atoms with Gasteiger partial charge in [0, 0.05) is 5.56 Å². The summed E-state index contributed by atoms with van der Waals surface area (Å²) in [5.74, 6) is -0.211. The van der Waals surface area contributed by atoms with Crippen molar-refractivity contribution in [1.82, 2.24) is 5.32 Å². The van der Waals surface area contributed by atoms with E-state index in [0.29, 0.717) is 11.3 Å². The van der Waals surface area contributed by atoms with E-state index in [1.807, 2.05) is 37.3 Å². The lowest BCUT2D eigenvalue weighted by Crippen LogP contribution is -2.30. The number of sulfonamides is 1. The van der Waals surface area contributed by atoms with Gasteiger partial charge in [-0.3, -0.25) is 9.10 Å². The minimum Gasteiger partial charge on any atom is -0.346 e. The molecule has 0 radical (unpaired) electrons. The zero-order valence-electron chi connectivity index (χ0n) is 14.3. The lowest BCUT2D eigenvalue weighted by molar-refractivity contribution is 0.0940. The first kappa shape index (κ1) is 18.7. The minimum atomic E-state index is -3.41. The number of carbonyl (C=O) groups is 1. The van der Waals surface area contributed by atoms with Gasteiger partial charge >= 0.3 is 0 Å². The van der Waals surface area contributed by atoms with Crippen LogP contribution >= 0.6 is 0 Å². The Labute approximate surface area is 149 Å². The van der Waals surface area contributed by atoms with Gasteiger partial charge in [-0.25, -0.2) is 8.42 Å². The van der Waals surface area contributed by atoms with Crippen LogP contribution in [0.4, 0.5) is 5.69 Å². The fraction of sp³-hybridized carbons (Fsp3) is 0.211. The van der Waals surface area contributed by atoms with Crippen LogP contribution in [0, 0.1) is 0 Å². The number of benzene rings is 2. The lowest BCUT2D eigenvalue weighted by Gasteiger charge is -2.21. The quantitative estimate of drug-likeness (QED) is 0.773. The van der Waals surface area contributed by atoms with Crippen molar-refractivity contribution in [2.24, 2.45) is 0 Å². The molecule has 5 nitrogen and oxygen atoms in total. The lowest BCUT2D eigenvalue weighted by atomic mass is 10.1.